The Balaban J connectivity index is 2.17. The average molecular weight is 273 g/mol. The lowest BCUT2D eigenvalue weighted by molar-refractivity contribution is 0.257. The molecule has 0 aromatic heterocycles. The van der Waals surface area contributed by atoms with Crippen molar-refractivity contribution in [1.82, 2.24) is 0 Å². The Morgan fingerprint density at radius 3 is 2.65 bits per heavy atom. The van der Waals surface area contributed by atoms with Gasteiger partial charge in [-0.3, -0.25) is 4.90 Å². The smallest absolute Gasteiger partial charge is 0.326 e. The van der Waals surface area contributed by atoms with Crippen LogP contribution in [0.1, 0.15) is 6.92 Å². The van der Waals surface area contributed by atoms with E-state index in [4.69, 9.17) is 5.73 Å². The summed E-state index contributed by atoms with van der Waals surface area (Å²) in [6, 6.07) is 12.5. The van der Waals surface area contributed by atoms with E-state index in [0.717, 1.165) is 0 Å². The number of halogens is 1. The van der Waals surface area contributed by atoms with Crippen molar-refractivity contribution in [2.75, 3.05) is 22.5 Å². The molecule has 0 aliphatic carbocycles. The zero-order valence-electron chi connectivity index (χ0n) is 11.1. The van der Waals surface area contributed by atoms with E-state index in [9.17, 15) is 9.18 Å². The van der Waals surface area contributed by atoms with Crippen molar-refractivity contribution in [3.63, 3.8) is 0 Å². The van der Waals surface area contributed by atoms with Gasteiger partial charge in [-0.15, -0.1) is 0 Å². The molecular weight excluding hydrogens is 257 g/mol. The van der Waals surface area contributed by atoms with Crippen molar-refractivity contribution in [2.24, 2.45) is 0 Å². The molecule has 0 aliphatic heterocycles. The van der Waals surface area contributed by atoms with Gasteiger partial charge in [0, 0.05) is 23.6 Å². The highest BCUT2D eigenvalue weighted by Gasteiger charge is 2.14. The van der Waals surface area contributed by atoms with Crippen LogP contribution in [0.4, 0.5) is 26.2 Å². The number of urea groups is 1. The van der Waals surface area contributed by atoms with Crippen molar-refractivity contribution in [1.29, 1.82) is 0 Å². The molecule has 0 radical (unpaired) electrons. The zero-order chi connectivity index (χ0) is 14.5. The molecule has 4 nitrogen and oxygen atoms in total. The van der Waals surface area contributed by atoms with Crippen LogP contribution < -0.4 is 16.0 Å². The molecule has 0 unspecified atom stereocenters. The van der Waals surface area contributed by atoms with Crippen LogP contribution in [0.25, 0.3) is 0 Å². The first-order valence-electron chi connectivity index (χ1n) is 6.30. The van der Waals surface area contributed by atoms with Gasteiger partial charge < -0.3 is 11.1 Å². The van der Waals surface area contributed by atoms with Gasteiger partial charge in [0.05, 0.1) is 0 Å². The van der Waals surface area contributed by atoms with Crippen LogP contribution in [0.15, 0.2) is 48.5 Å². The fourth-order valence-electron chi connectivity index (χ4n) is 1.89. The number of carbonyl (C=O) groups is 1. The molecule has 0 saturated carbocycles. The molecule has 20 heavy (non-hydrogen) atoms. The van der Waals surface area contributed by atoms with Crippen molar-refractivity contribution in [3.05, 3.63) is 54.3 Å². The molecule has 0 bridgehead atoms. The molecule has 2 aromatic rings. The summed E-state index contributed by atoms with van der Waals surface area (Å²) < 4.78 is 13.2. The first kappa shape index (κ1) is 13.9. The van der Waals surface area contributed by atoms with E-state index in [1.54, 1.807) is 36.4 Å². The summed E-state index contributed by atoms with van der Waals surface area (Å²) in [5.41, 5.74) is 7.34. The monoisotopic (exact) mass is 273 g/mol. The topological polar surface area (TPSA) is 58.4 Å². The van der Waals surface area contributed by atoms with Crippen molar-refractivity contribution < 1.29 is 9.18 Å². The second-order valence-electron chi connectivity index (χ2n) is 4.28. The Hall–Kier alpha value is -2.56. The Bertz CT molecular complexity index is 616. The summed E-state index contributed by atoms with van der Waals surface area (Å²) in [6.45, 7) is 2.25. The Morgan fingerprint density at radius 1 is 1.25 bits per heavy atom. The minimum Gasteiger partial charge on any atom is -0.399 e. The molecule has 104 valence electrons. The molecule has 0 aliphatic rings. The average Bonchev–Trinajstić information content (AvgIpc) is 2.39. The first-order chi connectivity index (χ1) is 9.60. The minimum absolute atomic E-state index is 0.330. The predicted molar refractivity (Wildman–Crippen MR) is 79.3 cm³/mol. The van der Waals surface area contributed by atoms with Gasteiger partial charge >= 0.3 is 6.03 Å². The largest absolute Gasteiger partial charge is 0.399 e. The Morgan fingerprint density at radius 2 is 2.00 bits per heavy atom. The van der Waals surface area contributed by atoms with Gasteiger partial charge in [-0.2, -0.15) is 0 Å². The number of nitrogens with zero attached hydrogens (tertiary/aromatic N) is 1. The van der Waals surface area contributed by atoms with E-state index >= 15 is 0 Å². The summed E-state index contributed by atoms with van der Waals surface area (Å²) in [7, 11) is 0. The number of nitrogens with two attached hydrogens (primary N) is 1. The molecule has 2 rings (SSSR count). The quantitative estimate of drug-likeness (QED) is 0.841. The molecule has 0 atom stereocenters. The number of carbonyl (C=O) groups excluding carboxylic acids is 1. The van der Waals surface area contributed by atoms with E-state index in [1.807, 2.05) is 6.92 Å². The van der Waals surface area contributed by atoms with Crippen LogP contribution in [0.3, 0.4) is 0 Å². The maximum absolute atomic E-state index is 13.2. The van der Waals surface area contributed by atoms with E-state index in [1.165, 1.54) is 17.0 Å². The summed E-state index contributed by atoms with van der Waals surface area (Å²) in [6.07, 6.45) is 0. The fourth-order valence-corrected chi connectivity index (χ4v) is 1.89. The summed E-state index contributed by atoms with van der Waals surface area (Å²) in [4.78, 5) is 13.7. The van der Waals surface area contributed by atoms with Crippen LogP contribution in [-0.4, -0.2) is 12.6 Å². The van der Waals surface area contributed by atoms with E-state index in [0.29, 0.717) is 23.6 Å². The van der Waals surface area contributed by atoms with E-state index in [-0.39, 0.29) is 11.8 Å². The lowest BCUT2D eigenvalue weighted by atomic mass is 10.2. The van der Waals surface area contributed by atoms with Gasteiger partial charge in [-0.25, -0.2) is 9.18 Å². The molecule has 5 heteroatoms. The number of rotatable bonds is 3. The van der Waals surface area contributed by atoms with E-state index < -0.39 is 0 Å². The standard InChI is InChI=1S/C15H16FN3O/c1-2-19(14-8-3-5-11(16)9-14)15(20)18-13-7-4-6-12(17)10-13/h3-10H,2,17H2,1H3,(H,18,20). The highest BCUT2D eigenvalue weighted by Crippen LogP contribution is 2.18. The van der Waals surface area contributed by atoms with Crippen molar-refractivity contribution in [3.8, 4) is 0 Å². The van der Waals surface area contributed by atoms with Gasteiger partial charge in [0.2, 0.25) is 0 Å². The van der Waals surface area contributed by atoms with Crippen LogP contribution in [0.2, 0.25) is 0 Å². The van der Waals surface area contributed by atoms with E-state index in [2.05, 4.69) is 5.32 Å². The number of benzene rings is 2. The third kappa shape index (κ3) is 3.26. The Labute approximate surface area is 117 Å². The third-order valence-corrected chi connectivity index (χ3v) is 2.82. The highest BCUT2D eigenvalue weighted by atomic mass is 19.1. The summed E-state index contributed by atoms with van der Waals surface area (Å²) in [5, 5.41) is 2.74. The number of nitrogens with one attached hydrogen (secondary N) is 1. The fraction of sp³-hybridized carbons (Fsp3) is 0.133. The van der Waals surface area contributed by atoms with Crippen LogP contribution >= 0.6 is 0 Å². The lowest BCUT2D eigenvalue weighted by Gasteiger charge is -2.21. The highest BCUT2D eigenvalue weighted by molar-refractivity contribution is 6.01. The number of anilines is 3. The molecule has 2 amide bonds. The summed E-state index contributed by atoms with van der Waals surface area (Å²) in [5.74, 6) is -0.377. The van der Waals surface area contributed by atoms with Gasteiger partial charge in [-0.1, -0.05) is 12.1 Å². The first-order valence-corrected chi connectivity index (χ1v) is 6.30. The number of hydrogen-bond donors (Lipinski definition) is 2. The maximum atomic E-state index is 13.2. The third-order valence-electron chi connectivity index (χ3n) is 2.82. The van der Waals surface area contributed by atoms with Crippen molar-refractivity contribution >= 4 is 23.1 Å². The van der Waals surface area contributed by atoms with Gasteiger partial charge in [-0.05, 0) is 43.3 Å². The van der Waals surface area contributed by atoms with Crippen LogP contribution in [0, 0.1) is 5.82 Å². The number of hydrogen-bond acceptors (Lipinski definition) is 2. The molecule has 0 fully saturated rings. The van der Waals surface area contributed by atoms with Gasteiger partial charge in [0.15, 0.2) is 0 Å². The van der Waals surface area contributed by atoms with Crippen LogP contribution in [-0.2, 0) is 0 Å². The number of amides is 2. The number of nitrogen functional groups attached to an aromatic ring is 1. The molecule has 0 heterocycles. The summed E-state index contributed by atoms with van der Waals surface area (Å²) >= 11 is 0. The molecule has 2 aromatic carbocycles. The minimum atomic E-state index is -0.377. The predicted octanol–water partition coefficient (Wildman–Crippen LogP) is 3.47. The van der Waals surface area contributed by atoms with Gasteiger partial charge in [0.1, 0.15) is 5.82 Å². The SMILES string of the molecule is CCN(C(=O)Nc1cccc(N)c1)c1cccc(F)c1. The lowest BCUT2D eigenvalue weighted by Crippen LogP contribution is -2.34. The second kappa shape index (κ2) is 6.06. The molecule has 0 saturated heterocycles. The zero-order valence-corrected chi connectivity index (χ0v) is 11.1. The maximum Gasteiger partial charge on any atom is 0.326 e. The van der Waals surface area contributed by atoms with Gasteiger partial charge in [0.25, 0.3) is 0 Å². The molecule has 3 N–H and O–H groups in total. The molecular formula is C15H16FN3O. The normalized spacial score (nSPS) is 10.1. The Kier molecular flexibility index (Phi) is 4.20. The van der Waals surface area contributed by atoms with Crippen LogP contribution in [0.5, 0.6) is 0 Å². The molecule has 0 spiro atoms. The second-order valence-corrected chi connectivity index (χ2v) is 4.28. The van der Waals surface area contributed by atoms with Crippen molar-refractivity contribution in [2.45, 2.75) is 6.92 Å².